The molecule has 86 valence electrons. The number of hydrogen-bond donors (Lipinski definition) is 0. The van der Waals surface area contributed by atoms with Crippen LogP contribution in [0.15, 0.2) is 18.2 Å². The second-order valence-corrected chi connectivity index (χ2v) is 3.64. The van der Waals surface area contributed by atoms with Gasteiger partial charge in [-0.2, -0.15) is 0 Å². The minimum absolute atomic E-state index is 0.238. The van der Waals surface area contributed by atoms with Crippen molar-refractivity contribution in [2.45, 2.75) is 12.8 Å². The Labute approximate surface area is 91.6 Å². The normalized spacial score (nSPS) is 15.2. The van der Waals surface area contributed by atoms with Crippen molar-refractivity contribution in [3.05, 3.63) is 29.8 Å². The molecule has 1 saturated heterocycles. The Kier molecular flexibility index (Phi) is 3.03. The van der Waals surface area contributed by atoms with Gasteiger partial charge in [-0.25, -0.2) is 13.6 Å². The Morgan fingerprint density at radius 1 is 1.25 bits per heavy atom. The highest BCUT2D eigenvalue weighted by atomic mass is 19.1. The van der Waals surface area contributed by atoms with Crippen LogP contribution in [0.4, 0.5) is 13.6 Å². The van der Waals surface area contributed by atoms with E-state index in [-0.39, 0.29) is 5.75 Å². The number of benzene rings is 1. The number of carbonyl (C=O) groups is 1. The molecular weight excluding hydrogens is 216 g/mol. The minimum atomic E-state index is -0.868. The van der Waals surface area contributed by atoms with Crippen LogP contribution in [0.1, 0.15) is 12.8 Å². The Morgan fingerprint density at radius 3 is 2.56 bits per heavy atom. The van der Waals surface area contributed by atoms with E-state index in [2.05, 4.69) is 0 Å². The van der Waals surface area contributed by atoms with E-state index in [9.17, 15) is 13.6 Å². The van der Waals surface area contributed by atoms with Gasteiger partial charge in [-0.05, 0) is 25.0 Å². The van der Waals surface area contributed by atoms with Gasteiger partial charge in [0.15, 0.2) is 11.6 Å². The van der Waals surface area contributed by atoms with Crippen LogP contribution in [0.3, 0.4) is 0 Å². The fourth-order valence-corrected chi connectivity index (χ4v) is 1.62. The van der Waals surface area contributed by atoms with Crippen LogP contribution >= 0.6 is 0 Å². The first-order valence-corrected chi connectivity index (χ1v) is 5.08. The molecule has 0 aliphatic carbocycles. The van der Waals surface area contributed by atoms with Gasteiger partial charge in [-0.3, -0.25) is 0 Å². The lowest BCUT2D eigenvalue weighted by Crippen LogP contribution is -2.30. The standard InChI is InChI=1S/C11H11F2NO2/c12-8-3-4-10(9(13)7-8)16-11(15)14-5-1-2-6-14/h3-4,7H,1-2,5-6H2. The van der Waals surface area contributed by atoms with E-state index in [1.807, 2.05) is 0 Å². The number of halogens is 2. The molecule has 1 aromatic rings. The molecule has 3 nitrogen and oxygen atoms in total. The van der Waals surface area contributed by atoms with Crippen molar-refractivity contribution in [2.24, 2.45) is 0 Å². The molecule has 0 saturated carbocycles. The average molecular weight is 227 g/mol. The van der Waals surface area contributed by atoms with Crippen LogP contribution in [0.25, 0.3) is 0 Å². The molecule has 0 radical (unpaired) electrons. The van der Waals surface area contributed by atoms with Gasteiger partial charge in [0.25, 0.3) is 0 Å². The largest absolute Gasteiger partial charge is 0.415 e. The molecule has 0 N–H and O–H groups in total. The zero-order valence-electron chi connectivity index (χ0n) is 8.58. The van der Waals surface area contributed by atoms with Crippen LogP contribution in [-0.2, 0) is 0 Å². The van der Waals surface area contributed by atoms with Gasteiger partial charge in [-0.15, -0.1) is 0 Å². The number of rotatable bonds is 1. The van der Waals surface area contributed by atoms with Crippen molar-refractivity contribution in [1.82, 2.24) is 4.90 Å². The molecule has 0 atom stereocenters. The molecular formula is C11H11F2NO2. The van der Waals surface area contributed by atoms with Gasteiger partial charge in [-0.1, -0.05) is 0 Å². The number of amides is 1. The first kappa shape index (κ1) is 10.9. The van der Waals surface area contributed by atoms with E-state index in [1.54, 1.807) is 0 Å². The van der Waals surface area contributed by atoms with Crippen molar-refractivity contribution >= 4 is 6.09 Å². The Morgan fingerprint density at radius 2 is 1.94 bits per heavy atom. The van der Waals surface area contributed by atoms with E-state index in [0.717, 1.165) is 25.0 Å². The highest BCUT2D eigenvalue weighted by Gasteiger charge is 2.20. The lowest BCUT2D eigenvalue weighted by molar-refractivity contribution is 0.160. The summed E-state index contributed by atoms with van der Waals surface area (Å²) in [5, 5.41) is 0. The third-order valence-electron chi connectivity index (χ3n) is 2.46. The predicted octanol–water partition coefficient (Wildman–Crippen LogP) is 2.56. The average Bonchev–Trinajstić information content (AvgIpc) is 2.75. The first-order chi connectivity index (χ1) is 7.66. The Bertz CT molecular complexity index is 403. The van der Waals surface area contributed by atoms with Gasteiger partial charge < -0.3 is 9.64 Å². The third-order valence-corrected chi connectivity index (χ3v) is 2.46. The molecule has 16 heavy (non-hydrogen) atoms. The van der Waals surface area contributed by atoms with Crippen molar-refractivity contribution < 1.29 is 18.3 Å². The highest BCUT2D eigenvalue weighted by Crippen LogP contribution is 2.19. The predicted molar refractivity (Wildman–Crippen MR) is 53.2 cm³/mol. The number of hydrogen-bond acceptors (Lipinski definition) is 2. The topological polar surface area (TPSA) is 29.5 Å². The summed E-state index contributed by atoms with van der Waals surface area (Å²) in [4.78, 5) is 13.0. The second kappa shape index (κ2) is 4.47. The van der Waals surface area contributed by atoms with Gasteiger partial charge in [0, 0.05) is 19.2 Å². The van der Waals surface area contributed by atoms with E-state index in [0.29, 0.717) is 19.2 Å². The maximum atomic E-state index is 13.2. The second-order valence-electron chi connectivity index (χ2n) is 3.64. The highest BCUT2D eigenvalue weighted by molar-refractivity contribution is 5.70. The third kappa shape index (κ3) is 2.29. The lowest BCUT2D eigenvalue weighted by Gasteiger charge is -2.14. The van der Waals surface area contributed by atoms with Crippen LogP contribution in [0.2, 0.25) is 0 Å². The quantitative estimate of drug-likeness (QED) is 0.737. The van der Waals surface area contributed by atoms with Crippen LogP contribution in [0.5, 0.6) is 5.75 Å². The summed E-state index contributed by atoms with van der Waals surface area (Å²) in [7, 11) is 0. The maximum absolute atomic E-state index is 13.2. The summed E-state index contributed by atoms with van der Waals surface area (Å²) in [6.45, 7) is 1.25. The number of nitrogens with zero attached hydrogens (tertiary/aromatic N) is 1. The molecule has 5 heteroatoms. The lowest BCUT2D eigenvalue weighted by atomic mass is 10.3. The van der Waals surface area contributed by atoms with Crippen LogP contribution in [0, 0.1) is 11.6 Å². The van der Waals surface area contributed by atoms with Crippen LogP contribution in [-0.4, -0.2) is 24.1 Å². The molecule has 1 aliphatic heterocycles. The summed E-state index contributed by atoms with van der Waals surface area (Å²) < 4.78 is 30.6. The zero-order chi connectivity index (χ0) is 11.5. The number of carbonyl (C=O) groups excluding carboxylic acids is 1. The molecule has 1 aromatic carbocycles. The van der Waals surface area contributed by atoms with Crippen molar-refractivity contribution in [3.63, 3.8) is 0 Å². The smallest absolute Gasteiger partial charge is 0.407 e. The monoisotopic (exact) mass is 227 g/mol. The van der Waals surface area contributed by atoms with E-state index < -0.39 is 17.7 Å². The van der Waals surface area contributed by atoms with Gasteiger partial charge >= 0.3 is 6.09 Å². The van der Waals surface area contributed by atoms with Crippen molar-refractivity contribution in [3.8, 4) is 5.75 Å². The SMILES string of the molecule is O=C(Oc1ccc(F)cc1F)N1CCCC1. The fraction of sp³-hybridized carbons (Fsp3) is 0.364. The molecule has 0 unspecified atom stereocenters. The summed E-state index contributed by atoms with van der Waals surface area (Å²) >= 11 is 0. The zero-order valence-corrected chi connectivity index (χ0v) is 8.58. The molecule has 0 aromatic heterocycles. The molecule has 1 heterocycles. The fourth-order valence-electron chi connectivity index (χ4n) is 1.62. The Hall–Kier alpha value is -1.65. The van der Waals surface area contributed by atoms with Crippen LogP contribution < -0.4 is 4.74 Å². The molecule has 1 amide bonds. The van der Waals surface area contributed by atoms with Gasteiger partial charge in [0.1, 0.15) is 5.82 Å². The molecule has 1 fully saturated rings. The summed E-state index contributed by atoms with van der Waals surface area (Å²) in [5.41, 5.74) is 0. The first-order valence-electron chi connectivity index (χ1n) is 5.08. The van der Waals surface area contributed by atoms with Gasteiger partial charge in [0.2, 0.25) is 0 Å². The molecule has 0 spiro atoms. The molecule has 1 aliphatic rings. The van der Waals surface area contributed by atoms with Crippen molar-refractivity contribution in [1.29, 1.82) is 0 Å². The minimum Gasteiger partial charge on any atom is -0.407 e. The number of ether oxygens (including phenoxy) is 1. The molecule has 0 bridgehead atoms. The summed E-state index contributed by atoms with van der Waals surface area (Å²) in [6.07, 6.45) is 1.28. The van der Waals surface area contributed by atoms with Crippen molar-refractivity contribution in [2.75, 3.05) is 13.1 Å². The number of likely N-dealkylation sites (tertiary alicyclic amines) is 1. The maximum Gasteiger partial charge on any atom is 0.415 e. The van der Waals surface area contributed by atoms with Gasteiger partial charge in [0.05, 0.1) is 0 Å². The van der Waals surface area contributed by atoms with E-state index in [1.165, 1.54) is 4.90 Å². The van der Waals surface area contributed by atoms with E-state index >= 15 is 0 Å². The molecule has 2 rings (SSSR count). The van der Waals surface area contributed by atoms with E-state index in [4.69, 9.17) is 4.74 Å². The summed E-state index contributed by atoms with van der Waals surface area (Å²) in [6, 6.07) is 2.85. The Balaban J connectivity index is 2.05. The summed E-state index contributed by atoms with van der Waals surface area (Å²) in [5.74, 6) is -1.80.